The van der Waals surface area contributed by atoms with Gasteiger partial charge >= 0.3 is 5.97 Å². The number of nitriles is 1. The lowest BCUT2D eigenvalue weighted by atomic mass is 10.1. The maximum Gasteiger partial charge on any atom is 0.317 e. The number of thiophene rings is 1. The second-order valence-electron chi connectivity index (χ2n) is 5.56. The normalized spacial score (nSPS) is 11.2. The molecule has 0 bridgehead atoms. The summed E-state index contributed by atoms with van der Waals surface area (Å²) in [5.41, 5.74) is 0.103. The maximum atomic E-state index is 11.9. The lowest BCUT2D eigenvalue weighted by Gasteiger charge is -2.34. The smallest absolute Gasteiger partial charge is 0.317 e. The minimum atomic E-state index is -0.921. The van der Waals surface area contributed by atoms with Gasteiger partial charge in [-0.3, -0.25) is 14.5 Å². The summed E-state index contributed by atoms with van der Waals surface area (Å²) in [5, 5.41) is 22.7. The average molecular weight is 309 g/mol. The van der Waals surface area contributed by atoms with E-state index < -0.39 is 5.97 Å². The average Bonchev–Trinajstić information content (AvgIpc) is 2.79. The summed E-state index contributed by atoms with van der Waals surface area (Å²) < 4.78 is 0. The van der Waals surface area contributed by atoms with Crippen LogP contribution >= 0.6 is 11.3 Å². The van der Waals surface area contributed by atoms with Gasteiger partial charge in [0.25, 0.3) is 0 Å². The largest absolute Gasteiger partial charge is 0.480 e. The van der Waals surface area contributed by atoms with Gasteiger partial charge in [-0.05, 0) is 32.2 Å². The Morgan fingerprint density at radius 2 is 2.14 bits per heavy atom. The van der Waals surface area contributed by atoms with Crippen molar-refractivity contribution in [1.82, 2.24) is 4.90 Å². The Bertz CT molecular complexity index is 555. The number of carbonyl (C=O) groups is 2. The van der Waals surface area contributed by atoms with E-state index in [1.165, 1.54) is 11.3 Å². The van der Waals surface area contributed by atoms with E-state index in [4.69, 9.17) is 10.4 Å². The number of carboxylic acid groups (broad SMARTS) is 1. The van der Waals surface area contributed by atoms with Crippen molar-refractivity contribution in [1.29, 1.82) is 5.26 Å². The first-order valence-corrected chi connectivity index (χ1v) is 7.36. The summed E-state index contributed by atoms with van der Waals surface area (Å²) in [6.45, 7) is 5.94. The van der Waals surface area contributed by atoms with Gasteiger partial charge in [0.1, 0.15) is 11.1 Å². The van der Waals surface area contributed by atoms with Gasteiger partial charge in [-0.1, -0.05) is 0 Å². The molecule has 2 N–H and O–H groups in total. The molecule has 0 saturated heterocycles. The number of carboxylic acids is 1. The topological polar surface area (TPSA) is 93.4 Å². The fourth-order valence-corrected chi connectivity index (χ4v) is 2.49. The van der Waals surface area contributed by atoms with Gasteiger partial charge in [0, 0.05) is 18.5 Å². The highest BCUT2D eigenvalue weighted by Crippen LogP contribution is 2.22. The minimum Gasteiger partial charge on any atom is -0.480 e. The molecule has 1 rings (SSSR count). The number of amides is 1. The van der Waals surface area contributed by atoms with Crippen molar-refractivity contribution in [2.45, 2.75) is 32.7 Å². The summed E-state index contributed by atoms with van der Waals surface area (Å²) in [7, 11) is 0. The second-order valence-corrected chi connectivity index (χ2v) is 6.48. The van der Waals surface area contributed by atoms with Gasteiger partial charge in [0.15, 0.2) is 0 Å². The lowest BCUT2D eigenvalue weighted by molar-refractivity contribution is -0.140. The standard InChI is InChI=1S/C14H19N3O3S/c1-14(2,3)17(9-12(19)20)6-4-11(18)16-13-10(8-15)5-7-21-13/h5,7H,4,6,9H2,1-3H3,(H,16,18)(H,19,20). The zero-order chi connectivity index (χ0) is 16.0. The third-order valence-electron chi connectivity index (χ3n) is 2.92. The van der Waals surface area contributed by atoms with Crippen molar-refractivity contribution in [3.63, 3.8) is 0 Å². The summed E-state index contributed by atoms with van der Waals surface area (Å²) in [4.78, 5) is 24.5. The summed E-state index contributed by atoms with van der Waals surface area (Å²) in [6, 6.07) is 3.65. The van der Waals surface area contributed by atoms with Crippen LogP contribution in [0.15, 0.2) is 11.4 Å². The third kappa shape index (κ3) is 5.53. The quantitative estimate of drug-likeness (QED) is 0.839. The molecule has 1 amide bonds. The number of nitrogens with zero attached hydrogens (tertiary/aromatic N) is 2. The van der Waals surface area contributed by atoms with Crippen molar-refractivity contribution in [3.05, 3.63) is 17.0 Å². The van der Waals surface area contributed by atoms with E-state index in [0.717, 1.165) is 0 Å². The highest BCUT2D eigenvalue weighted by atomic mass is 32.1. The fourth-order valence-electron chi connectivity index (χ4n) is 1.73. The molecule has 21 heavy (non-hydrogen) atoms. The van der Waals surface area contributed by atoms with E-state index >= 15 is 0 Å². The van der Waals surface area contributed by atoms with Crippen LogP contribution in [-0.4, -0.2) is 40.5 Å². The monoisotopic (exact) mass is 309 g/mol. The van der Waals surface area contributed by atoms with E-state index in [1.54, 1.807) is 16.3 Å². The Labute approximate surface area is 128 Å². The van der Waals surface area contributed by atoms with Crippen LogP contribution in [0.25, 0.3) is 0 Å². The molecular weight excluding hydrogens is 290 g/mol. The van der Waals surface area contributed by atoms with Crippen molar-refractivity contribution < 1.29 is 14.7 Å². The number of rotatable bonds is 6. The Balaban J connectivity index is 2.58. The van der Waals surface area contributed by atoms with Crippen LogP contribution in [0.1, 0.15) is 32.8 Å². The number of nitrogens with one attached hydrogen (secondary N) is 1. The van der Waals surface area contributed by atoms with E-state index in [9.17, 15) is 9.59 Å². The molecule has 0 saturated carbocycles. The number of hydrogen-bond acceptors (Lipinski definition) is 5. The molecule has 0 radical (unpaired) electrons. The van der Waals surface area contributed by atoms with Crippen LogP contribution in [0.3, 0.4) is 0 Å². The second kappa shape index (κ2) is 7.20. The first kappa shape index (κ1) is 17.1. The van der Waals surface area contributed by atoms with E-state index in [-0.39, 0.29) is 24.4 Å². The van der Waals surface area contributed by atoms with Gasteiger partial charge in [-0.15, -0.1) is 11.3 Å². The fraction of sp³-hybridized carbons (Fsp3) is 0.500. The Morgan fingerprint density at radius 3 is 2.67 bits per heavy atom. The zero-order valence-electron chi connectivity index (χ0n) is 12.3. The maximum absolute atomic E-state index is 11.9. The molecule has 0 fully saturated rings. The Hall–Kier alpha value is -1.91. The molecule has 0 atom stereocenters. The van der Waals surface area contributed by atoms with Gasteiger partial charge < -0.3 is 10.4 Å². The summed E-state index contributed by atoms with van der Waals surface area (Å²) >= 11 is 1.29. The molecule has 0 aliphatic rings. The van der Waals surface area contributed by atoms with Gasteiger partial charge in [0.2, 0.25) is 5.91 Å². The van der Waals surface area contributed by atoms with Crippen LogP contribution in [-0.2, 0) is 9.59 Å². The number of carbonyl (C=O) groups excluding carboxylic acids is 1. The first-order chi connectivity index (χ1) is 9.74. The van der Waals surface area contributed by atoms with Gasteiger partial charge in [-0.2, -0.15) is 5.26 Å². The van der Waals surface area contributed by atoms with Gasteiger partial charge in [-0.25, -0.2) is 0 Å². The molecule has 1 heterocycles. The SMILES string of the molecule is CC(C)(C)N(CCC(=O)Nc1sccc1C#N)CC(=O)O. The van der Waals surface area contributed by atoms with Crippen molar-refractivity contribution in [2.75, 3.05) is 18.4 Å². The zero-order valence-corrected chi connectivity index (χ0v) is 13.2. The molecular formula is C14H19N3O3S. The van der Waals surface area contributed by atoms with Crippen molar-refractivity contribution in [2.24, 2.45) is 0 Å². The van der Waals surface area contributed by atoms with Crippen LogP contribution in [0.4, 0.5) is 5.00 Å². The molecule has 0 spiro atoms. The molecule has 1 aromatic heterocycles. The molecule has 6 nitrogen and oxygen atoms in total. The molecule has 7 heteroatoms. The molecule has 0 aliphatic heterocycles. The number of anilines is 1. The molecule has 0 unspecified atom stereocenters. The van der Waals surface area contributed by atoms with Crippen LogP contribution < -0.4 is 5.32 Å². The van der Waals surface area contributed by atoms with E-state index in [2.05, 4.69) is 5.32 Å². The number of hydrogen-bond donors (Lipinski definition) is 2. The number of aliphatic carboxylic acids is 1. The predicted molar refractivity (Wildman–Crippen MR) is 81.2 cm³/mol. The summed E-state index contributed by atoms with van der Waals surface area (Å²) in [5.74, 6) is -1.15. The Morgan fingerprint density at radius 1 is 1.48 bits per heavy atom. The lowest BCUT2D eigenvalue weighted by Crippen LogP contribution is -2.45. The van der Waals surface area contributed by atoms with Crippen molar-refractivity contribution >= 4 is 28.2 Å². The molecule has 1 aromatic rings. The third-order valence-corrected chi connectivity index (χ3v) is 3.75. The minimum absolute atomic E-state index is 0.112. The molecule has 114 valence electrons. The summed E-state index contributed by atoms with van der Waals surface area (Å²) in [6.07, 6.45) is 0.174. The Kier molecular flexibility index (Phi) is 5.88. The van der Waals surface area contributed by atoms with E-state index in [0.29, 0.717) is 17.1 Å². The predicted octanol–water partition coefficient (Wildman–Crippen LogP) is 2.13. The first-order valence-electron chi connectivity index (χ1n) is 6.48. The molecule has 0 aromatic carbocycles. The van der Waals surface area contributed by atoms with Gasteiger partial charge in [0.05, 0.1) is 12.1 Å². The van der Waals surface area contributed by atoms with Crippen LogP contribution in [0.5, 0.6) is 0 Å². The highest BCUT2D eigenvalue weighted by Gasteiger charge is 2.24. The van der Waals surface area contributed by atoms with Crippen molar-refractivity contribution in [3.8, 4) is 6.07 Å². The molecule has 0 aliphatic carbocycles. The highest BCUT2D eigenvalue weighted by molar-refractivity contribution is 7.14. The van der Waals surface area contributed by atoms with Crippen LogP contribution in [0, 0.1) is 11.3 Å². The van der Waals surface area contributed by atoms with E-state index in [1.807, 2.05) is 26.8 Å². The van der Waals surface area contributed by atoms with Crippen LogP contribution in [0.2, 0.25) is 0 Å².